The second-order valence-electron chi connectivity index (χ2n) is 22.1. The average molecular weight is 1550 g/mol. The molecule has 0 saturated carbocycles. The minimum atomic E-state index is 0. The summed E-state index contributed by atoms with van der Waals surface area (Å²) in [5, 5.41) is 12.8. The van der Waals surface area contributed by atoms with E-state index in [9.17, 15) is 0 Å². The van der Waals surface area contributed by atoms with Gasteiger partial charge in [0.05, 0.1) is 110 Å². The van der Waals surface area contributed by atoms with Crippen LogP contribution in [0.1, 0.15) is 0 Å². The number of benzene rings is 7. The molecule has 0 radical (unpaired) electrons. The summed E-state index contributed by atoms with van der Waals surface area (Å²) in [7, 11) is 0. The van der Waals surface area contributed by atoms with E-state index < -0.39 is 0 Å². The second kappa shape index (κ2) is 30.9. The number of halogens is 4. The van der Waals surface area contributed by atoms with Crippen LogP contribution in [-0.4, -0.2) is 79.7 Å². The monoisotopic (exact) mass is 1550 g/mol. The van der Waals surface area contributed by atoms with Gasteiger partial charge in [-0.15, -0.1) is 0 Å². The van der Waals surface area contributed by atoms with Crippen molar-refractivity contribution in [2.24, 2.45) is 0 Å². The van der Waals surface area contributed by atoms with Crippen LogP contribution in [0.3, 0.4) is 0 Å². The van der Waals surface area contributed by atoms with E-state index in [0.717, 1.165) is 175 Å². The first-order chi connectivity index (χ1) is 46.6. The molecule has 0 amide bonds. The van der Waals surface area contributed by atoms with Crippen molar-refractivity contribution >= 4 is 175 Å². The average Bonchev–Trinajstić information content (AvgIpc) is 0.729. The second-order valence-corrected chi connectivity index (χ2v) is 22.1. The summed E-state index contributed by atoms with van der Waals surface area (Å²) in [6.07, 6.45) is 21.5. The summed E-state index contributed by atoms with van der Waals surface area (Å²) in [6.45, 7) is 0. The largest absolute Gasteiger partial charge is 2.00 e. The van der Waals surface area contributed by atoms with Crippen molar-refractivity contribution in [3.63, 3.8) is 0 Å². The minimum Gasteiger partial charge on any atom is -1.00 e. The van der Waals surface area contributed by atoms with Gasteiger partial charge >= 0.3 is 39.0 Å². The van der Waals surface area contributed by atoms with Gasteiger partial charge in [0.25, 0.3) is 0 Å². The van der Waals surface area contributed by atoms with Gasteiger partial charge in [0, 0.05) is 139 Å². The molecular weight excluding hydrogens is 1500 g/mol. The number of rotatable bonds is 0. The topological polar surface area (TPSA) is 206 Å². The van der Waals surface area contributed by atoms with E-state index >= 15 is 0 Å². The molecule has 7 aromatic carbocycles. The molecule has 22 heteroatoms. The molecule has 21 aromatic rings. The van der Waals surface area contributed by atoms with Crippen molar-refractivity contribution in [3.05, 3.63) is 281 Å². The molecule has 0 bridgehead atoms. The number of fused-ring (bicyclic) bond motifs is 26. The molecule has 14 aromatic heterocycles. The molecule has 100 heavy (non-hydrogen) atoms. The van der Waals surface area contributed by atoms with E-state index in [-0.39, 0.29) is 88.6 Å². The van der Waals surface area contributed by atoms with Crippen molar-refractivity contribution in [1.82, 2.24) is 79.7 Å². The third kappa shape index (κ3) is 13.2. The van der Waals surface area contributed by atoms with E-state index in [2.05, 4.69) is 157 Å². The van der Waals surface area contributed by atoms with Gasteiger partial charge in [-0.3, -0.25) is 59.8 Å². The third-order valence-electron chi connectivity index (χ3n) is 16.5. The zero-order chi connectivity index (χ0) is 62.3. The molecule has 0 N–H and O–H groups in total. The zero-order valence-corrected chi connectivity index (χ0v) is 58.4. The van der Waals surface area contributed by atoms with Gasteiger partial charge in [-0.25, -0.2) is 19.9 Å². The summed E-state index contributed by atoms with van der Waals surface area (Å²) in [4.78, 5) is 73.5. The molecule has 0 aliphatic carbocycles. The maximum absolute atomic E-state index is 5.08. The number of hydrogen-bond donors (Lipinski definition) is 0. The van der Waals surface area contributed by atoms with Crippen molar-refractivity contribution in [1.29, 1.82) is 0 Å². The minimum absolute atomic E-state index is 0. The fraction of sp³-hybridized carbons (Fsp3) is 0. The maximum atomic E-state index is 5.08. The van der Waals surface area contributed by atoms with Gasteiger partial charge in [-0.05, 0) is 109 Å². The van der Waals surface area contributed by atoms with E-state index in [1.807, 2.05) is 109 Å². The fourth-order valence-corrected chi connectivity index (χ4v) is 12.2. The molecule has 0 atom stereocenters. The molecule has 16 nitrogen and oxygen atoms in total. The van der Waals surface area contributed by atoms with Crippen LogP contribution in [0.2, 0.25) is 0 Å². The Bertz CT molecular complexity index is 5590. The Morgan fingerprint density at radius 1 is 0.150 bits per heavy atom. The van der Waals surface area contributed by atoms with Gasteiger partial charge in [-0.1, -0.05) is 97.1 Å². The Balaban J connectivity index is 0.000000136. The van der Waals surface area contributed by atoms with E-state index in [0.29, 0.717) is 0 Å². The van der Waals surface area contributed by atoms with Crippen LogP contribution in [0.5, 0.6) is 0 Å². The molecule has 482 valence electrons. The fourth-order valence-electron chi connectivity index (χ4n) is 12.2. The summed E-state index contributed by atoms with van der Waals surface area (Å²) < 4.78 is 0. The number of aromatic nitrogens is 16. The number of nitrogens with zero attached hydrogens (tertiary/aromatic N) is 16. The Kier molecular flexibility index (Phi) is 21.7. The Hall–Kier alpha value is -10.9. The molecule has 21 rings (SSSR count). The Labute approximate surface area is 618 Å². The first-order valence-electron chi connectivity index (χ1n) is 30.3. The van der Waals surface area contributed by atoms with Crippen LogP contribution < -0.4 is 49.6 Å². The Morgan fingerprint density at radius 2 is 0.290 bits per heavy atom. The van der Waals surface area contributed by atoms with Crippen molar-refractivity contribution in [2.45, 2.75) is 0 Å². The van der Waals surface area contributed by atoms with Gasteiger partial charge in [0.2, 0.25) is 0 Å². The first kappa shape index (κ1) is 70.4. The molecular formula is C78H46Cl4N16Ru2. The van der Waals surface area contributed by atoms with Gasteiger partial charge in [-0.2, -0.15) is 0 Å². The first-order valence-corrected chi connectivity index (χ1v) is 30.3. The molecule has 0 spiro atoms. The molecule has 0 unspecified atom stereocenters. The van der Waals surface area contributed by atoms with E-state index in [1.54, 1.807) is 74.4 Å². The van der Waals surface area contributed by atoms with Gasteiger partial charge < -0.3 is 49.6 Å². The van der Waals surface area contributed by atoms with Crippen LogP contribution in [0.15, 0.2) is 281 Å². The third-order valence-corrected chi connectivity index (χ3v) is 16.5. The van der Waals surface area contributed by atoms with Crippen molar-refractivity contribution in [2.75, 3.05) is 0 Å². The summed E-state index contributed by atoms with van der Waals surface area (Å²) >= 11 is 0. The number of pyridine rings is 12. The van der Waals surface area contributed by atoms with Gasteiger partial charge in [0.1, 0.15) is 0 Å². The standard InChI is InChI=1S/C30H14N8.4C12H8N2.4ClH.2Ru/c1-5-15-23(31-9-1)24-16(6-2-10-32-24)28-27(15)35-19-13-21-22(14-20(19)36-28)38-30-18-8-4-12-34-26(18)25-17(29(30)37-21)7-3-11-33-25;4*1-3-9-5-6-10-4-2-8-14-12(10)11(9)13-7-1;;;;;;/h1-14H;4*1-8H;4*1H;;/q;;;;;;;;;2*+2/p-4. The summed E-state index contributed by atoms with van der Waals surface area (Å²) in [5.74, 6) is 0. The van der Waals surface area contributed by atoms with Crippen LogP contribution in [0.4, 0.5) is 0 Å². The van der Waals surface area contributed by atoms with Crippen molar-refractivity contribution in [3.8, 4) is 0 Å². The maximum Gasteiger partial charge on any atom is 2.00 e. The molecule has 0 aliphatic heterocycles. The predicted molar refractivity (Wildman–Crippen MR) is 377 cm³/mol. The zero-order valence-electron chi connectivity index (χ0n) is 51.9. The SMILES string of the molecule is [Cl-].[Cl-].[Cl-].[Cl-].[Ru+2].[Ru+2].c1cnc2c(c1)c1nc3cc4nc5c6cccnc6c6ncccc6c5nc4cc3nc1c1cccnc12.c1cnc2c(c1)ccc1cccnc12.c1cnc2c(c1)ccc1cccnc12.c1cnc2c(c1)ccc1cccnc12.c1cnc2c(c1)ccc1cccnc12. The molecule has 0 fully saturated rings. The molecule has 14 heterocycles. The predicted octanol–water partition coefficient (Wildman–Crippen LogP) is 5.22. The number of hydrogen-bond acceptors (Lipinski definition) is 16. The van der Waals surface area contributed by atoms with Crippen LogP contribution in [0.25, 0.3) is 175 Å². The van der Waals surface area contributed by atoms with Crippen LogP contribution in [-0.2, 0) is 39.0 Å². The quantitative estimate of drug-likeness (QED) is 0.108. The van der Waals surface area contributed by atoms with Gasteiger partial charge in [0.15, 0.2) is 0 Å². The Morgan fingerprint density at radius 3 is 0.450 bits per heavy atom. The molecule has 0 saturated heterocycles. The molecule has 0 aliphatic rings. The summed E-state index contributed by atoms with van der Waals surface area (Å²) in [6, 6.07) is 68.2. The smallest absolute Gasteiger partial charge is 1.00 e. The van der Waals surface area contributed by atoms with E-state index in [4.69, 9.17) is 19.9 Å². The van der Waals surface area contributed by atoms with Crippen LogP contribution >= 0.6 is 0 Å². The summed E-state index contributed by atoms with van der Waals surface area (Å²) in [5.41, 5.74) is 17.2. The normalized spacial score (nSPS) is 10.7. The van der Waals surface area contributed by atoms with Crippen LogP contribution in [0, 0.1) is 0 Å². The van der Waals surface area contributed by atoms with Crippen molar-refractivity contribution < 1.29 is 88.6 Å². The van der Waals surface area contributed by atoms with E-state index in [1.165, 1.54) is 0 Å².